The molecular formula is C13H21N3. The van der Waals surface area contributed by atoms with Gasteiger partial charge in [0.15, 0.2) is 0 Å². The van der Waals surface area contributed by atoms with Gasteiger partial charge in [-0.3, -0.25) is 0 Å². The molecule has 1 aromatic rings. The SMILES string of the molecule is NCCc1cncn1CC1CC2CCC1C2. The van der Waals surface area contributed by atoms with Crippen molar-refractivity contribution in [3.63, 3.8) is 0 Å². The summed E-state index contributed by atoms with van der Waals surface area (Å²) >= 11 is 0. The predicted molar refractivity (Wildman–Crippen MR) is 63.9 cm³/mol. The highest BCUT2D eigenvalue weighted by atomic mass is 15.0. The molecule has 3 unspecified atom stereocenters. The number of fused-ring (bicyclic) bond motifs is 2. The van der Waals surface area contributed by atoms with Crippen LogP contribution in [0.1, 0.15) is 31.4 Å². The van der Waals surface area contributed by atoms with Crippen LogP contribution in [0.5, 0.6) is 0 Å². The summed E-state index contributed by atoms with van der Waals surface area (Å²) in [6.45, 7) is 1.90. The van der Waals surface area contributed by atoms with Crippen LogP contribution in [0.3, 0.4) is 0 Å². The van der Waals surface area contributed by atoms with Crippen molar-refractivity contribution in [2.24, 2.45) is 23.5 Å². The van der Waals surface area contributed by atoms with Crippen molar-refractivity contribution < 1.29 is 0 Å². The first-order chi connectivity index (χ1) is 7.86. The third kappa shape index (κ3) is 1.77. The average molecular weight is 219 g/mol. The minimum atomic E-state index is 0.725. The summed E-state index contributed by atoms with van der Waals surface area (Å²) in [4.78, 5) is 4.25. The number of rotatable bonds is 4. The topological polar surface area (TPSA) is 43.8 Å². The fourth-order valence-corrected chi connectivity index (χ4v) is 3.72. The van der Waals surface area contributed by atoms with Gasteiger partial charge in [-0.15, -0.1) is 0 Å². The van der Waals surface area contributed by atoms with Crippen molar-refractivity contribution >= 4 is 0 Å². The highest BCUT2D eigenvalue weighted by Gasteiger charge is 2.39. The quantitative estimate of drug-likeness (QED) is 0.839. The minimum Gasteiger partial charge on any atom is -0.334 e. The zero-order valence-corrected chi connectivity index (χ0v) is 9.81. The first kappa shape index (κ1) is 10.3. The van der Waals surface area contributed by atoms with Gasteiger partial charge in [-0.05, 0) is 43.6 Å². The van der Waals surface area contributed by atoms with Gasteiger partial charge in [0, 0.05) is 24.9 Å². The van der Waals surface area contributed by atoms with E-state index in [9.17, 15) is 0 Å². The molecule has 2 aliphatic rings. The fraction of sp³-hybridized carbons (Fsp3) is 0.769. The van der Waals surface area contributed by atoms with Crippen LogP contribution < -0.4 is 5.73 Å². The number of imidazole rings is 1. The maximum atomic E-state index is 5.62. The van der Waals surface area contributed by atoms with Crippen LogP contribution in [0.4, 0.5) is 0 Å². The lowest BCUT2D eigenvalue weighted by atomic mass is 9.89. The van der Waals surface area contributed by atoms with Crippen LogP contribution in [0.2, 0.25) is 0 Å². The molecule has 0 spiro atoms. The van der Waals surface area contributed by atoms with E-state index in [-0.39, 0.29) is 0 Å². The highest BCUT2D eigenvalue weighted by molar-refractivity contribution is 5.00. The van der Waals surface area contributed by atoms with Crippen LogP contribution in [-0.2, 0) is 13.0 Å². The molecule has 0 saturated heterocycles. The van der Waals surface area contributed by atoms with E-state index >= 15 is 0 Å². The molecule has 2 aliphatic carbocycles. The van der Waals surface area contributed by atoms with Crippen LogP contribution in [0.25, 0.3) is 0 Å². The maximum absolute atomic E-state index is 5.62. The normalized spacial score (nSPS) is 32.4. The summed E-state index contributed by atoms with van der Waals surface area (Å²) in [7, 11) is 0. The number of aromatic nitrogens is 2. The Morgan fingerprint density at radius 3 is 3.00 bits per heavy atom. The Balaban J connectivity index is 1.67. The molecular weight excluding hydrogens is 198 g/mol. The van der Waals surface area contributed by atoms with Crippen molar-refractivity contribution in [1.82, 2.24) is 9.55 Å². The Hall–Kier alpha value is -0.830. The molecule has 2 N–H and O–H groups in total. The Morgan fingerprint density at radius 2 is 2.31 bits per heavy atom. The second kappa shape index (κ2) is 4.21. The van der Waals surface area contributed by atoms with Gasteiger partial charge in [-0.25, -0.2) is 4.98 Å². The van der Waals surface area contributed by atoms with E-state index in [1.54, 1.807) is 0 Å². The van der Waals surface area contributed by atoms with Crippen molar-refractivity contribution in [3.05, 3.63) is 18.2 Å². The van der Waals surface area contributed by atoms with Gasteiger partial charge < -0.3 is 10.3 Å². The summed E-state index contributed by atoms with van der Waals surface area (Å²) in [6.07, 6.45) is 10.8. The van der Waals surface area contributed by atoms with Crippen LogP contribution >= 0.6 is 0 Å². The fourth-order valence-electron chi connectivity index (χ4n) is 3.72. The molecule has 0 radical (unpaired) electrons. The van der Waals surface area contributed by atoms with Gasteiger partial charge in [0.25, 0.3) is 0 Å². The van der Waals surface area contributed by atoms with E-state index in [0.29, 0.717) is 0 Å². The zero-order valence-electron chi connectivity index (χ0n) is 9.81. The molecule has 1 heterocycles. The van der Waals surface area contributed by atoms with Gasteiger partial charge in [0.2, 0.25) is 0 Å². The van der Waals surface area contributed by atoms with Crippen LogP contribution in [-0.4, -0.2) is 16.1 Å². The molecule has 3 nitrogen and oxygen atoms in total. The van der Waals surface area contributed by atoms with Gasteiger partial charge in [-0.1, -0.05) is 6.42 Å². The minimum absolute atomic E-state index is 0.725. The standard InChI is InChI=1S/C13H21N3/c14-4-3-13-7-15-9-16(13)8-12-6-10-1-2-11(12)5-10/h7,9-12H,1-6,8,14H2. The number of hydrogen-bond donors (Lipinski definition) is 1. The van der Waals surface area contributed by atoms with Crippen LogP contribution in [0, 0.1) is 17.8 Å². The van der Waals surface area contributed by atoms with Crippen molar-refractivity contribution in [2.45, 2.75) is 38.6 Å². The molecule has 3 atom stereocenters. The summed E-state index contributed by atoms with van der Waals surface area (Å²) in [5, 5.41) is 0. The lowest BCUT2D eigenvalue weighted by molar-refractivity contribution is 0.293. The molecule has 2 fully saturated rings. The summed E-state index contributed by atoms with van der Waals surface area (Å²) < 4.78 is 2.33. The van der Waals surface area contributed by atoms with Gasteiger partial charge in [0.05, 0.1) is 6.33 Å². The largest absolute Gasteiger partial charge is 0.334 e. The highest BCUT2D eigenvalue weighted by Crippen LogP contribution is 2.48. The van der Waals surface area contributed by atoms with Crippen molar-refractivity contribution in [3.8, 4) is 0 Å². The summed E-state index contributed by atoms with van der Waals surface area (Å²) in [5.41, 5.74) is 6.93. The first-order valence-electron chi connectivity index (χ1n) is 6.56. The number of nitrogens with zero attached hydrogens (tertiary/aromatic N) is 2. The van der Waals surface area contributed by atoms with E-state index in [1.807, 2.05) is 12.5 Å². The van der Waals surface area contributed by atoms with E-state index < -0.39 is 0 Å². The molecule has 88 valence electrons. The van der Waals surface area contributed by atoms with Gasteiger partial charge in [0.1, 0.15) is 0 Å². The second-order valence-electron chi connectivity index (χ2n) is 5.51. The Morgan fingerprint density at radius 1 is 1.38 bits per heavy atom. The van der Waals surface area contributed by atoms with Crippen LogP contribution in [0.15, 0.2) is 12.5 Å². The van der Waals surface area contributed by atoms with E-state index in [1.165, 1.54) is 37.9 Å². The molecule has 3 heteroatoms. The third-order valence-corrected chi connectivity index (χ3v) is 4.51. The average Bonchev–Trinajstić information content (AvgIpc) is 2.96. The monoisotopic (exact) mass is 219 g/mol. The number of hydrogen-bond acceptors (Lipinski definition) is 2. The van der Waals surface area contributed by atoms with E-state index in [0.717, 1.165) is 30.7 Å². The van der Waals surface area contributed by atoms with E-state index in [2.05, 4.69) is 9.55 Å². The third-order valence-electron chi connectivity index (χ3n) is 4.51. The molecule has 2 bridgehead atoms. The zero-order chi connectivity index (χ0) is 11.0. The van der Waals surface area contributed by atoms with Gasteiger partial charge >= 0.3 is 0 Å². The maximum Gasteiger partial charge on any atom is 0.0948 e. The molecule has 2 saturated carbocycles. The first-order valence-corrected chi connectivity index (χ1v) is 6.56. The van der Waals surface area contributed by atoms with Crippen molar-refractivity contribution in [2.75, 3.05) is 6.54 Å². The van der Waals surface area contributed by atoms with Crippen molar-refractivity contribution in [1.29, 1.82) is 0 Å². The molecule has 0 aliphatic heterocycles. The Kier molecular flexibility index (Phi) is 2.72. The summed E-state index contributed by atoms with van der Waals surface area (Å²) in [5.74, 6) is 2.94. The summed E-state index contributed by atoms with van der Waals surface area (Å²) in [6, 6.07) is 0. The number of nitrogens with two attached hydrogens (primary N) is 1. The molecule has 1 aromatic heterocycles. The smallest absolute Gasteiger partial charge is 0.0948 e. The lowest BCUT2D eigenvalue weighted by Crippen LogP contribution is -2.19. The molecule has 3 rings (SSSR count). The van der Waals surface area contributed by atoms with Gasteiger partial charge in [-0.2, -0.15) is 0 Å². The lowest BCUT2D eigenvalue weighted by Gasteiger charge is -2.22. The Bertz CT molecular complexity index is 358. The second-order valence-corrected chi connectivity index (χ2v) is 5.51. The predicted octanol–water partition coefficient (Wildman–Crippen LogP) is 1.82. The molecule has 16 heavy (non-hydrogen) atoms. The molecule has 0 amide bonds. The molecule has 0 aromatic carbocycles. The van der Waals surface area contributed by atoms with E-state index in [4.69, 9.17) is 5.73 Å². The Labute approximate surface area is 97.0 Å².